The summed E-state index contributed by atoms with van der Waals surface area (Å²) in [6.45, 7) is 6.89. The van der Waals surface area contributed by atoms with E-state index in [0.29, 0.717) is 11.3 Å². The number of benzene rings is 2. The first-order valence-corrected chi connectivity index (χ1v) is 11.1. The van der Waals surface area contributed by atoms with E-state index in [2.05, 4.69) is 20.6 Å². The standard InChI is InChI=1S/C21H24N4O5S/c1-12-8-7-10-17(13(12)2)30-15(4)21(27)24-23-20(26)14(3)22-19-16-9-5-6-11-18(16)31(28,29)25-19/h5-11,14-15H,1-4H3,(H,22,25)(H,23,26)(H,24,27)/t14-,15?/m0/s1. The van der Waals surface area contributed by atoms with Gasteiger partial charge in [-0.15, -0.1) is 0 Å². The van der Waals surface area contributed by atoms with Crippen molar-refractivity contribution in [1.29, 1.82) is 0 Å². The highest BCUT2D eigenvalue weighted by Crippen LogP contribution is 2.23. The summed E-state index contributed by atoms with van der Waals surface area (Å²) in [5, 5.41) is 0. The van der Waals surface area contributed by atoms with Crippen molar-refractivity contribution in [3.63, 3.8) is 0 Å². The average molecular weight is 445 g/mol. The Labute approximate surface area is 180 Å². The minimum absolute atomic E-state index is 0.0798. The molecule has 0 bridgehead atoms. The number of hydrogen-bond donors (Lipinski definition) is 3. The summed E-state index contributed by atoms with van der Waals surface area (Å²) in [6.07, 6.45) is -0.851. The summed E-state index contributed by atoms with van der Waals surface area (Å²) in [5.41, 5.74) is 6.95. The number of hydrazine groups is 1. The Bertz CT molecular complexity index is 1160. The van der Waals surface area contributed by atoms with Gasteiger partial charge in [0.15, 0.2) is 6.10 Å². The zero-order valence-electron chi connectivity index (χ0n) is 17.6. The van der Waals surface area contributed by atoms with Crippen LogP contribution in [0, 0.1) is 13.8 Å². The van der Waals surface area contributed by atoms with E-state index in [1.54, 1.807) is 31.2 Å². The van der Waals surface area contributed by atoms with Crippen molar-refractivity contribution in [3.05, 3.63) is 59.2 Å². The molecule has 2 aromatic rings. The molecule has 10 heteroatoms. The maximum absolute atomic E-state index is 12.3. The second-order valence-corrected chi connectivity index (χ2v) is 8.84. The number of carbonyl (C=O) groups excluding carboxylic acids is 2. The first-order valence-electron chi connectivity index (χ1n) is 9.62. The predicted octanol–water partition coefficient (Wildman–Crippen LogP) is 1.35. The van der Waals surface area contributed by atoms with Crippen LogP contribution in [0.2, 0.25) is 0 Å². The zero-order valence-corrected chi connectivity index (χ0v) is 18.4. The molecule has 2 aromatic carbocycles. The molecule has 0 aromatic heterocycles. The van der Waals surface area contributed by atoms with Gasteiger partial charge in [-0.25, -0.2) is 8.42 Å². The molecule has 1 aliphatic rings. The van der Waals surface area contributed by atoms with Crippen molar-refractivity contribution in [3.8, 4) is 5.75 Å². The lowest BCUT2D eigenvalue weighted by atomic mass is 10.1. The van der Waals surface area contributed by atoms with Crippen LogP contribution in [0.15, 0.2) is 52.4 Å². The molecule has 1 aliphatic heterocycles. The molecule has 1 unspecified atom stereocenters. The van der Waals surface area contributed by atoms with Gasteiger partial charge < -0.3 is 4.74 Å². The average Bonchev–Trinajstić information content (AvgIpc) is 2.99. The summed E-state index contributed by atoms with van der Waals surface area (Å²) in [5.74, 6) is -0.485. The quantitative estimate of drug-likeness (QED) is 0.600. The smallest absolute Gasteiger partial charge is 0.279 e. The van der Waals surface area contributed by atoms with E-state index in [0.717, 1.165) is 11.1 Å². The molecule has 0 fully saturated rings. The summed E-state index contributed by atoms with van der Waals surface area (Å²) in [7, 11) is -3.70. The maximum Gasteiger partial charge on any atom is 0.279 e. The fourth-order valence-corrected chi connectivity index (χ4v) is 4.15. The fraction of sp³-hybridized carbons (Fsp3) is 0.286. The van der Waals surface area contributed by atoms with Gasteiger partial charge in [0.2, 0.25) is 0 Å². The Morgan fingerprint density at radius 2 is 1.68 bits per heavy atom. The Hall–Kier alpha value is -3.40. The first kappa shape index (κ1) is 22.3. The Kier molecular flexibility index (Phi) is 6.30. The number of fused-ring (bicyclic) bond motifs is 1. The van der Waals surface area contributed by atoms with Crippen LogP contribution in [0.3, 0.4) is 0 Å². The van der Waals surface area contributed by atoms with Crippen LogP contribution < -0.4 is 20.3 Å². The number of ether oxygens (including phenoxy) is 1. The highest BCUT2D eigenvalue weighted by molar-refractivity contribution is 7.90. The van der Waals surface area contributed by atoms with Gasteiger partial charge in [0.1, 0.15) is 17.6 Å². The van der Waals surface area contributed by atoms with Crippen molar-refractivity contribution >= 4 is 27.7 Å². The zero-order chi connectivity index (χ0) is 22.8. The van der Waals surface area contributed by atoms with Crippen molar-refractivity contribution in [1.82, 2.24) is 15.6 Å². The molecule has 0 radical (unpaired) electrons. The van der Waals surface area contributed by atoms with Crippen LogP contribution in [-0.2, 0) is 19.6 Å². The molecule has 164 valence electrons. The van der Waals surface area contributed by atoms with Gasteiger partial charge in [-0.05, 0) is 57.0 Å². The summed E-state index contributed by atoms with van der Waals surface area (Å²) < 4.78 is 32.3. The number of hydrogen-bond acceptors (Lipinski definition) is 6. The van der Waals surface area contributed by atoms with Crippen molar-refractivity contribution in [2.24, 2.45) is 4.99 Å². The number of sulfonamides is 1. The molecule has 3 rings (SSSR count). The third-order valence-electron chi connectivity index (χ3n) is 4.90. The predicted molar refractivity (Wildman–Crippen MR) is 115 cm³/mol. The normalized spacial score (nSPS) is 17.2. The first-order chi connectivity index (χ1) is 14.6. The van der Waals surface area contributed by atoms with Crippen molar-refractivity contribution < 1.29 is 22.7 Å². The number of nitrogens with one attached hydrogen (secondary N) is 3. The topological polar surface area (TPSA) is 126 Å². The Morgan fingerprint density at radius 1 is 1.00 bits per heavy atom. The molecule has 2 amide bonds. The van der Waals surface area contributed by atoms with Gasteiger partial charge in [0.25, 0.3) is 21.8 Å². The van der Waals surface area contributed by atoms with Crippen molar-refractivity contribution in [2.45, 2.75) is 44.7 Å². The van der Waals surface area contributed by atoms with Gasteiger partial charge >= 0.3 is 0 Å². The number of carbonyl (C=O) groups is 2. The monoisotopic (exact) mass is 444 g/mol. The van der Waals surface area contributed by atoms with E-state index in [1.807, 2.05) is 26.0 Å². The molecule has 31 heavy (non-hydrogen) atoms. The Morgan fingerprint density at radius 3 is 2.42 bits per heavy atom. The lowest BCUT2D eigenvalue weighted by molar-refractivity contribution is -0.133. The van der Waals surface area contributed by atoms with Gasteiger partial charge in [-0.2, -0.15) is 0 Å². The van der Waals surface area contributed by atoms with E-state index < -0.39 is 34.0 Å². The molecule has 3 N–H and O–H groups in total. The fourth-order valence-electron chi connectivity index (χ4n) is 2.91. The third-order valence-corrected chi connectivity index (χ3v) is 6.30. The number of amides is 2. The summed E-state index contributed by atoms with van der Waals surface area (Å²) in [6, 6.07) is 10.9. The molecular formula is C21H24N4O5S. The molecule has 1 heterocycles. The van der Waals surface area contributed by atoms with Gasteiger partial charge in [0.05, 0.1) is 4.90 Å². The molecule has 0 saturated carbocycles. The summed E-state index contributed by atoms with van der Waals surface area (Å²) in [4.78, 5) is 28.9. The minimum atomic E-state index is -3.70. The van der Waals surface area contributed by atoms with Gasteiger partial charge in [-0.1, -0.05) is 24.3 Å². The number of rotatable bonds is 5. The lowest BCUT2D eigenvalue weighted by Crippen LogP contribution is -2.49. The van der Waals surface area contributed by atoms with E-state index in [9.17, 15) is 18.0 Å². The molecule has 0 spiro atoms. The molecule has 0 aliphatic carbocycles. The van der Waals surface area contributed by atoms with Crippen LogP contribution in [0.4, 0.5) is 0 Å². The van der Waals surface area contributed by atoms with Crippen LogP contribution in [0.25, 0.3) is 0 Å². The van der Waals surface area contributed by atoms with Crippen LogP contribution >= 0.6 is 0 Å². The maximum atomic E-state index is 12.3. The van der Waals surface area contributed by atoms with Crippen LogP contribution in [0.5, 0.6) is 5.75 Å². The van der Waals surface area contributed by atoms with E-state index in [4.69, 9.17) is 4.74 Å². The summed E-state index contributed by atoms with van der Waals surface area (Å²) >= 11 is 0. The molecule has 0 saturated heterocycles. The number of aryl methyl sites for hydroxylation is 1. The van der Waals surface area contributed by atoms with Gasteiger partial charge in [-0.3, -0.25) is 30.2 Å². The number of nitrogens with zero attached hydrogens (tertiary/aromatic N) is 1. The highest BCUT2D eigenvalue weighted by atomic mass is 32.2. The lowest BCUT2D eigenvalue weighted by Gasteiger charge is -2.18. The molecule has 2 atom stereocenters. The molecule has 9 nitrogen and oxygen atoms in total. The second-order valence-electron chi connectivity index (χ2n) is 7.19. The SMILES string of the molecule is Cc1cccc(OC(C)C(=O)NNC(=O)[C@H](C)N=C2NS(=O)(=O)c3ccccc32)c1C. The number of amidine groups is 1. The minimum Gasteiger partial charge on any atom is -0.481 e. The highest BCUT2D eigenvalue weighted by Gasteiger charge is 2.31. The van der Waals surface area contributed by atoms with Gasteiger partial charge in [0, 0.05) is 5.56 Å². The van der Waals surface area contributed by atoms with Crippen LogP contribution in [-0.4, -0.2) is 38.2 Å². The van der Waals surface area contributed by atoms with E-state index >= 15 is 0 Å². The number of aliphatic imine (C=N–C) groups is 1. The third kappa shape index (κ3) is 4.85. The molecular weight excluding hydrogens is 420 g/mol. The second kappa shape index (κ2) is 8.76. The van der Waals surface area contributed by atoms with E-state index in [-0.39, 0.29) is 10.7 Å². The largest absolute Gasteiger partial charge is 0.481 e. The van der Waals surface area contributed by atoms with Crippen LogP contribution in [0.1, 0.15) is 30.5 Å². The van der Waals surface area contributed by atoms with E-state index in [1.165, 1.54) is 13.0 Å². The Balaban J connectivity index is 1.60. The van der Waals surface area contributed by atoms with Crippen molar-refractivity contribution in [2.75, 3.05) is 0 Å².